The van der Waals surface area contributed by atoms with Crippen molar-refractivity contribution in [2.24, 2.45) is 5.73 Å². The van der Waals surface area contributed by atoms with E-state index in [0.717, 1.165) is 18.2 Å². The van der Waals surface area contributed by atoms with Crippen LogP contribution in [0.4, 0.5) is 23.2 Å². The average Bonchev–Trinajstić information content (AvgIpc) is 2.89. The molecule has 0 aliphatic carbocycles. The van der Waals surface area contributed by atoms with Crippen molar-refractivity contribution in [2.45, 2.75) is 17.7 Å². The number of ether oxygens (including phenoxy) is 4. The number of anilines is 1. The Morgan fingerprint density at radius 3 is 2.42 bits per heavy atom. The molecule has 212 valence electrons. The minimum Gasteiger partial charge on any atom is -0.491 e. The first-order chi connectivity index (χ1) is 19.0. The normalized spacial score (nSPS) is 11.8. The summed E-state index contributed by atoms with van der Waals surface area (Å²) in [7, 11) is -3.13. The average molecular weight is 582 g/mol. The fourth-order valence-electron chi connectivity index (χ4n) is 3.67. The van der Waals surface area contributed by atoms with Crippen molar-refractivity contribution >= 4 is 26.6 Å². The van der Waals surface area contributed by atoms with E-state index in [4.69, 9.17) is 19.9 Å². The Hall–Kier alpha value is -4.30. The molecule has 1 aromatic heterocycles. The maximum absolute atomic E-state index is 15.0. The standard InChI is InChI=1S/C26H23F4N3O6S/c1-36-25-22(37-14-4-12-31)10-8-17-19(11-13-32-24(17)25)38-20-9-7-16(15-18(20)27)33-40(34,35)23-6-3-2-5-21(23)39-26(28,29)30/h2-3,5-11,13,15,33H,4,12,14,31H2,1H3. The van der Waals surface area contributed by atoms with Gasteiger partial charge >= 0.3 is 6.36 Å². The summed E-state index contributed by atoms with van der Waals surface area (Å²) in [6.07, 6.45) is -3.04. The second kappa shape index (κ2) is 11.8. The fraction of sp³-hybridized carbons (Fsp3) is 0.192. The number of halogens is 4. The largest absolute Gasteiger partial charge is 0.573 e. The van der Waals surface area contributed by atoms with E-state index in [9.17, 15) is 26.0 Å². The molecule has 0 aliphatic rings. The third-order valence-corrected chi connectivity index (χ3v) is 6.79. The number of alkyl halides is 3. The van der Waals surface area contributed by atoms with Crippen LogP contribution >= 0.6 is 0 Å². The lowest BCUT2D eigenvalue weighted by atomic mass is 10.1. The van der Waals surface area contributed by atoms with E-state index in [-0.39, 0.29) is 17.2 Å². The molecule has 0 bridgehead atoms. The lowest BCUT2D eigenvalue weighted by Gasteiger charge is -2.16. The summed E-state index contributed by atoms with van der Waals surface area (Å²) in [5, 5.41) is 0.482. The summed E-state index contributed by atoms with van der Waals surface area (Å²) in [6, 6.07) is 12.2. The maximum atomic E-state index is 15.0. The van der Waals surface area contributed by atoms with Crippen molar-refractivity contribution in [2.75, 3.05) is 25.0 Å². The predicted octanol–water partition coefficient (Wildman–Crippen LogP) is 5.60. The van der Waals surface area contributed by atoms with Crippen molar-refractivity contribution in [3.05, 3.63) is 72.7 Å². The van der Waals surface area contributed by atoms with Gasteiger partial charge in [0.05, 0.1) is 19.4 Å². The van der Waals surface area contributed by atoms with Gasteiger partial charge in [-0.05, 0) is 55.4 Å². The van der Waals surface area contributed by atoms with Crippen LogP contribution in [-0.2, 0) is 10.0 Å². The number of hydrogen-bond donors (Lipinski definition) is 2. The Labute approximate surface area is 226 Å². The summed E-state index contributed by atoms with van der Waals surface area (Å²) in [5.41, 5.74) is 5.65. The van der Waals surface area contributed by atoms with E-state index in [1.54, 1.807) is 12.1 Å². The van der Waals surface area contributed by atoms with Gasteiger partial charge in [-0.3, -0.25) is 9.71 Å². The first-order valence-electron chi connectivity index (χ1n) is 11.7. The lowest BCUT2D eigenvalue weighted by Crippen LogP contribution is -2.20. The van der Waals surface area contributed by atoms with Gasteiger partial charge in [0.25, 0.3) is 10.0 Å². The molecule has 4 aromatic rings. The zero-order chi connectivity index (χ0) is 28.9. The molecule has 1 heterocycles. The van der Waals surface area contributed by atoms with Crippen molar-refractivity contribution in [3.63, 3.8) is 0 Å². The van der Waals surface area contributed by atoms with Gasteiger partial charge in [-0.1, -0.05) is 12.1 Å². The molecule has 4 rings (SSSR count). The fourth-order valence-corrected chi connectivity index (χ4v) is 4.85. The number of pyridine rings is 1. The molecule has 0 saturated heterocycles. The second-order valence-corrected chi connectivity index (χ2v) is 9.79. The van der Waals surface area contributed by atoms with Gasteiger partial charge in [0.1, 0.15) is 21.9 Å². The van der Waals surface area contributed by atoms with Crippen LogP contribution in [0.3, 0.4) is 0 Å². The van der Waals surface area contributed by atoms with Crippen LogP contribution < -0.4 is 29.4 Å². The highest BCUT2D eigenvalue weighted by atomic mass is 32.2. The number of nitrogens with zero attached hydrogens (tertiary/aromatic N) is 1. The van der Waals surface area contributed by atoms with E-state index in [1.807, 2.05) is 4.72 Å². The van der Waals surface area contributed by atoms with Crippen molar-refractivity contribution in [1.29, 1.82) is 0 Å². The molecule has 3 N–H and O–H groups in total. The topological polar surface area (TPSA) is 122 Å². The summed E-state index contributed by atoms with van der Waals surface area (Å²) in [4.78, 5) is 3.54. The van der Waals surface area contributed by atoms with Crippen LogP contribution in [0.25, 0.3) is 10.9 Å². The van der Waals surface area contributed by atoms with Crippen LogP contribution in [0, 0.1) is 5.82 Å². The van der Waals surface area contributed by atoms with Gasteiger partial charge in [0.2, 0.25) is 0 Å². The molecular weight excluding hydrogens is 558 g/mol. The zero-order valence-corrected chi connectivity index (χ0v) is 21.7. The number of methoxy groups -OCH3 is 1. The minimum absolute atomic E-state index is 0.224. The Morgan fingerprint density at radius 1 is 0.975 bits per heavy atom. The summed E-state index contributed by atoms with van der Waals surface area (Å²) < 4.78 is 101. The molecule has 40 heavy (non-hydrogen) atoms. The molecule has 0 atom stereocenters. The minimum atomic E-state index is -5.11. The molecule has 3 aromatic carbocycles. The van der Waals surface area contributed by atoms with Gasteiger partial charge in [0.15, 0.2) is 23.1 Å². The molecule has 0 saturated carbocycles. The Kier molecular flexibility index (Phi) is 8.49. The third kappa shape index (κ3) is 6.63. The van der Waals surface area contributed by atoms with Crippen molar-refractivity contribution in [1.82, 2.24) is 4.98 Å². The molecule has 0 spiro atoms. The number of benzene rings is 3. The number of rotatable bonds is 11. The number of nitrogens with two attached hydrogens (primary N) is 1. The lowest BCUT2D eigenvalue weighted by molar-refractivity contribution is -0.275. The number of nitrogens with one attached hydrogen (secondary N) is 1. The van der Waals surface area contributed by atoms with Gasteiger partial charge in [0, 0.05) is 17.6 Å². The third-order valence-electron chi connectivity index (χ3n) is 5.37. The van der Waals surface area contributed by atoms with E-state index in [2.05, 4.69) is 9.72 Å². The van der Waals surface area contributed by atoms with Crippen molar-refractivity contribution in [3.8, 4) is 28.7 Å². The van der Waals surface area contributed by atoms with Crippen LogP contribution in [0.2, 0.25) is 0 Å². The Morgan fingerprint density at radius 2 is 1.73 bits per heavy atom. The van der Waals surface area contributed by atoms with Gasteiger partial charge in [-0.2, -0.15) is 0 Å². The molecule has 0 radical (unpaired) electrons. The first-order valence-corrected chi connectivity index (χ1v) is 13.1. The smallest absolute Gasteiger partial charge is 0.491 e. The monoisotopic (exact) mass is 581 g/mol. The zero-order valence-electron chi connectivity index (χ0n) is 20.9. The van der Waals surface area contributed by atoms with Crippen molar-refractivity contribution < 1.29 is 44.9 Å². The number of aromatic nitrogens is 1. The highest BCUT2D eigenvalue weighted by Gasteiger charge is 2.34. The maximum Gasteiger partial charge on any atom is 0.573 e. The Balaban J connectivity index is 1.58. The van der Waals surface area contributed by atoms with E-state index in [1.165, 1.54) is 43.6 Å². The Bertz CT molecular complexity index is 1620. The summed E-state index contributed by atoms with van der Waals surface area (Å²) in [6.45, 7) is 0.828. The van der Waals surface area contributed by atoms with Crippen LogP contribution in [-0.4, -0.2) is 40.0 Å². The predicted molar refractivity (Wildman–Crippen MR) is 138 cm³/mol. The number of para-hydroxylation sites is 1. The highest BCUT2D eigenvalue weighted by molar-refractivity contribution is 7.92. The van der Waals surface area contributed by atoms with Gasteiger partial charge < -0.3 is 24.7 Å². The molecule has 0 fully saturated rings. The molecule has 14 heteroatoms. The molecular formula is C26H23F4N3O6S. The van der Waals surface area contributed by atoms with Crippen LogP contribution in [0.15, 0.2) is 71.8 Å². The molecule has 9 nitrogen and oxygen atoms in total. The quantitative estimate of drug-likeness (QED) is 0.173. The highest BCUT2D eigenvalue weighted by Crippen LogP contribution is 2.40. The second-order valence-electron chi connectivity index (χ2n) is 8.14. The molecule has 0 unspecified atom stereocenters. The van der Waals surface area contributed by atoms with E-state index < -0.39 is 32.8 Å². The van der Waals surface area contributed by atoms with E-state index in [0.29, 0.717) is 42.0 Å². The van der Waals surface area contributed by atoms with E-state index >= 15 is 0 Å². The van der Waals surface area contributed by atoms with Crippen LogP contribution in [0.5, 0.6) is 28.7 Å². The number of hydrogen-bond acceptors (Lipinski definition) is 8. The number of fused-ring (bicyclic) bond motifs is 1. The summed E-state index contributed by atoms with van der Waals surface area (Å²) in [5.74, 6) is -1.12. The van der Waals surface area contributed by atoms with Gasteiger partial charge in [-0.25, -0.2) is 12.8 Å². The first kappa shape index (κ1) is 28.7. The molecule has 0 aliphatic heterocycles. The molecule has 0 amide bonds. The van der Waals surface area contributed by atoms with Gasteiger partial charge in [-0.15, -0.1) is 13.2 Å². The summed E-state index contributed by atoms with van der Waals surface area (Å²) >= 11 is 0. The number of sulfonamides is 1. The van der Waals surface area contributed by atoms with Crippen LogP contribution in [0.1, 0.15) is 6.42 Å². The SMILES string of the molecule is COc1c(OCCCN)ccc2c(Oc3ccc(NS(=O)(=O)c4ccccc4OC(F)(F)F)cc3F)ccnc12.